The predicted molar refractivity (Wildman–Crippen MR) is 139 cm³/mol. The summed E-state index contributed by atoms with van der Waals surface area (Å²) in [7, 11) is 0. The van der Waals surface area contributed by atoms with Crippen molar-refractivity contribution in [3.05, 3.63) is 58.8 Å². The zero-order valence-electron chi connectivity index (χ0n) is 21.8. The summed E-state index contributed by atoms with van der Waals surface area (Å²) in [6.45, 7) is 2.07. The Hall–Kier alpha value is -3.34. The van der Waals surface area contributed by atoms with Crippen LogP contribution in [0.4, 0.5) is 23.8 Å². The molecule has 2 heterocycles. The molecule has 1 aliphatic carbocycles. The number of unbranched alkanes of at least 4 members (excludes halogenated alkanes) is 1. The number of rotatable bonds is 13. The van der Waals surface area contributed by atoms with Crippen LogP contribution in [-0.4, -0.2) is 58.8 Å². The molecule has 39 heavy (non-hydrogen) atoms. The highest BCUT2D eigenvalue weighted by Gasteiger charge is 2.31. The van der Waals surface area contributed by atoms with Gasteiger partial charge in [0, 0.05) is 24.8 Å². The number of nitrogens with zero attached hydrogens (tertiary/aromatic N) is 2. The van der Waals surface area contributed by atoms with Gasteiger partial charge in [0.15, 0.2) is 0 Å². The van der Waals surface area contributed by atoms with E-state index in [0.717, 1.165) is 81.7 Å². The summed E-state index contributed by atoms with van der Waals surface area (Å²) in [5.74, 6) is -0.159. The highest BCUT2D eigenvalue weighted by molar-refractivity contribution is 5.79. The number of carboxylic acids is 1. The SMILES string of the molecule is O=C(NC(CCN(CCCCc1ccc2c(n1)NCCC2)C1CC1)C(=O)O)OCc1ccc(C(F)(F)F)cc1. The van der Waals surface area contributed by atoms with E-state index in [4.69, 9.17) is 9.72 Å². The number of aryl methyl sites for hydroxylation is 2. The number of carbonyl (C=O) groups excluding carboxylic acids is 1. The van der Waals surface area contributed by atoms with E-state index in [2.05, 4.69) is 27.7 Å². The molecule has 212 valence electrons. The lowest BCUT2D eigenvalue weighted by molar-refractivity contribution is -0.139. The Kier molecular flexibility index (Phi) is 9.66. The molecule has 1 aromatic heterocycles. The number of alkyl carbamates (subject to hydrolysis) is 1. The van der Waals surface area contributed by atoms with E-state index in [1.807, 2.05) is 0 Å². The fourth-order valence-corrected chi connectivity index (χ4v) is 4.72. The first-order chi connectivity index (χ1) is 18.7. The van der Waals surface area contributed by atoms with E-state index in [9.17, 15) is 27.9 Å². The summed E-state index contributed by atoms with van der Waals surface area (Å²) in [6.07, 6.45) is 2.04. The maximum atomic E-state index is 12.7. The van der Waals surface area contributed by atoms with E-state index in [-0.39, 0.29) is 13.0 Å². The monoisotopic (exact) mass is 548 g/mol. The quantitative estimate of drug-likeness (QED) is 0.302. The topological polar surface area (TPSA) is 104 Å². The Morgan fingerprint density at radius 1 is 1.13 bits per heavy atom. The number of nitrogens with one attached hydrogen (secondary N) is 2. The van der Waals surface area contributed by atoms with Gasteiger partial charge in [-0.1, -0.05) is 18.2 Å². The lowest BCUT2D eigenvalue weighted by atomic mass is 10.1. The molecule has 2 aliphatic rings. The number of benzene rings is 1. The number of anilines is 1. The summed E-state index contributed by atoms with van der Waals surface area (Å²) >= 11 is 0. The second-order valence-electron chi connectivity index (χ2n) is 10.2. The van der Waals surface area contributed by atoms with Crippen LogP contribution < -0.4 is 10.6 Å². The molecule has 1 unspecified atom stereocenters. The largest absolute Gasteiger partial charge is 0.480 e. The molecular weight excluding hydrogens is 513 g/mol. The van der Waals surface area contributed by atoms with Gasteiger partial charge in [0.05, 0.1) is 5.56 Å². The molecule has 1 aliphatic heterocycles. The van der Waals surface area contributed by atoms with Gasteiger partial charge in [-0.15, -0.1) is 0 Å². The summed E-state index contributed by atoms with van der Waals surface area (Å²) in [5, 5.41) is 15.3. The van der Waals surface area contributed by atoms with Gasteiger partial charge in [0.1, 0.15) is 18.5 Å². The average Bonchev–Trinajstić information content (AvgIpc) is 3.76. The zero-order valence-corrected chi connectivity index (χ0v) is 21.8. The number of hydrogen-bond acceptors (Lipinski definition) is 6. The first kappa shape index (κ1) is 28.7. The van der Waals surface area contributed by atoms with Gasteiger partial charge in [0.2, 0.25) is 0 Å². The third kappa shape index (κ3) is 8.84. The lowest BCUT2D eigenvalue weighted by Gasteiger charge is -2.24. The average molecular weight is 549 g/mol. The van der Waals surface area contributed by atoms with Crippen molar-refractivity contribution >= 4 is 17.9 Å². The fraction of sp³-hybridized carbons (Fsp3) is 0.536. The number of pyridine rings is 1. The number of amides is 1. The van der Waals surface area contributed by atoms with Crippen molar-refractivity contribution in [1.29, 1.82) is 0 Å². The van der Waals surface area contributed by atoms with Gasteiger partial charge in [-0.3, -0.25) is 0 Å². The van der Waals surface area contributed by atoms with Crippen molar-refractivity contribution in [2.75, 3.05) is 25.0 Å². The second-order valence-corrected chi connectivity index (χ2v) is 10.2. The van der Waals surface area contributed by atoms with Crippen molar-refractivity contribution in [2.45, 2.75) is 76.2 Å². The molecular formula is C28H35F3N4O4. The molecule has 1 fully saturated rings. The number of aliphatic carboxylic acids is 1. The van der Waals surface area contributed by atoms with Crippen LogP contribution in [-0.2, 0) is 35.2 Å². The minimum absolute atomic E-state index is 0.221. The van der Waals surface area contributed by atoms with Crippen LogP contribution in [0.1, 0.15) is 60.9 Å². The Labute approximate surface area is 225 Å². The van der Waals surface area contributed by atoms with Gasteiger partial charge in [-0.2, -0.15) is 13.2 Å². The molecule has 1 atom stereocenters. The number of ether oxygens (including phenoxy) is 1. The molecule has 0 radical (unpaired) electrons. The van der Waals surface area contributed by atoms with Gasteiger partial charge in [-0.05, 0) is 87.2 Å². The van der Waals surface area contributed by atoms with Crippen molar-refractivity contribution < 1.29 is 32.6 Å². The van der Waals surface area contributed by atoms with E-state index in [1.54, 1.807) is 0 Å². The van der Waals surface area contributed by atoms with E-state index < -0.39 is 29.8 Å². The van der Waals surface area contributed by atoms with Crippen molar-refractivity contribution in [1.82, 2.24) is 15.2 Å². The Balaban J connectivity index is 1.18. The zero-order chi connectivity index (χ0) is 27.8. The second kappa shape index (κ2) is 13.1. The molecule has 11 heteroatoms. The maximum absolute atomic E-state index is 12.7. The van der Waals surface area contributed by atoms with Gasteiger partial charge < -0.3 is 25.4 Å². The third-order valence-electron chi connectivity index (χ3n) is 7.09. The van der Waals surface area contributed by atoms with Crippen LogP contribution in [0, 0.1) is 0 Å². The van der Waals surface area contributed by atoms with Crippen molar-refractivity contribution in [3.8, 4) is 0 Å². The molecule has 4 rings (SSSR count). The maximum Gasteiger partial charge on any atom is 0.416 e. The Morgan fingerprint density at radius 2 is 1.90 bits per heavy atom. The summed E-state index contributed by atoms with van der Waals surface area (Å²) in [5.41, 5.74) is 1.92. The fourth-order valence-electron chi connectivity index (χ4n) is 4.72. The Bertz CT molecular complexity index is 1120. The number of aromatic nitrogens is 1. The normalized spacial score (nSPS) is 15.8. The molecule has 0 bridgehead atoms. The number of fused-ring (bicyclic) bond motifs is 1. The number of carbonyl (C=O) groups is 2. The highest BCUT2D eigenvalue weighted by Crippen LogP contribution is 2.29. The highest BCUT2D eigenvalue weighted by atomic mass is 19.4. The van der Waals surface area contributed by atoms with Crippen LogP contribution >= 0.6 is 0 Å². The number of carboxylic acid groups (broad SMARTS) is 1. The van der Waals surface area contributed by atoms with Gasteiger partial charge in [0.25, 0.3) is 0 Å². The standard InChI is InChI=1S/C28H35F3N4O4/c29-28(30,31)21-9-6-19(7-10-21)18-39-27(38)34-24(26(36)37)14-17-35(23-12-13-23)16-2-1-5-22-11-8-20-4-3-15-32-25(20)33-22/h6-11,23-24H,1-5,12-18H2,(H,32,33)(H,34,38)(H,36,37). The minimum Gasteiger partial charge on any atom is -0.480 e. The van der Waals surface area contributed by atoms with E-state index >= 15 is 0 Å². The first-order valence-electron chi connectivity index (χ1n) is 13.5. The molecule has 8 nitrogen and oxygen atoms in total. The first-order valence-corrected chi connectivity index (χ1v) is 13.5. The van der Waals surface area contributed by atoms with Crippen LogP contribution in [0.5, 0.6) is 0 Å². The molecule has 1 amide bonds. The number of halogens is 3. The van der Waals surface area contributed by atoms with Gasteiger partial charge in [-0.25, -0.2) is 14.6 Å². The molecule has 3 N–H and O–H groups in total. The molecule has 2 aromatic rings. The smallest absolute Gasteiger partial charge is 0.416 e. The molecule has 1 aromatic carbocycles. The minimum atomic E-state index is -4.45. The van der Waals surface area contributed by atoms with Crippen LogP contribution in [0.2, 0.25) is 0 Å². The number of hydrogen-bond donors (Lipinski definition) is 3. The van der Waals surface area contributed by atoms with E-state index in [0.29, 0.717) is 18.2 Å². The van der Waals surface area contributed by atoms with Crippen molar-refractivity contribution in [2.24, 2.45) is 0 Å². The predicted octanol–water partition coefficient (Wildman–Crippen LogP) is 5.02. The van der Waals surface area contributed by atoms with E-state index in [1.165, 1.54) is 17.7 Å². The summed E-state index contributed by atoms with van der Waals surface area (Å²) in [4.78, 5) is 31.0. The summed E-state index contributed by atoms with van der Waals surface area (Å²) < 4.78 is 43.1. The van der Waals surface area contributed by atoms with Crippen LogP contribution in [0.15, 0.2) is 36.4 Å². The van der Waals surface area contributed by atoms with Crippen molar-refractivity contribution in [3.63, 3.8) is 0 Å². The van der Waals surface area contributed by atoms with Gasteiger partial charge >= 0.3 is 18.2 Å². The molecule has 0 saturated heterocycles. The molecule has 1 saturated carbocycles. The summed E-state index contributed by atoms with van der Waals surface area (Å²) in [6, 6.07) is 7.83. The van der Waals surface area contributed by atoms with Crippen LogP contribution in [0.25, 0.3) is 0 Å². The molecule has 0 spiro atoms. The lowest BCUT2D eigenvalue weighted by Crippen LogP contribution is -2.43. The Morgan fingerprint density at radius 3 is 2.59 bits per heavy atom. The number of alkyl halides is 3. The van der Waals surface area contributed by atoms with Crippen LogP contribution in [0.3, 0.4) is 0 Å². The third-order valence-corrected chi connectivity index (χ3v) is 7.09.